The summed E-state index contributed by atoms with van der Waals surface area (Å²) in [6.45, 7) is 16.9. The summed E-state index contributed by atoms with van der Waals surface area (Å²) in [4.78, 5) is 16.3. The fourth-order valence-corrected chi connectivity index (χ4v) is 2.45. The maximum absolute atomic E-state index is 12.0. The Labute approximate surface area is 111 Å². The average molecular weight is 256 g/mol. The van der Waals surface area contributed by atoms with Crippen LogP contribution in [0.15, 0.2) is 0 Å². The van der Waals surface area contributed by atoms with E-state index in [1.807, 2.05) is 25.7 Å². The highest BCUT2D eigenvalue weighted by Crippen LogP contribution is 2.22. The van der Waals surface area contributed by atoms with Crippen LogP contribution in [-0.2, 0) is 4.74 Å². The third kappa shape index (κ3) is 4.16. The summed E-state index contributed by atoms with van der Waals surface area (Å²) in [5, 5.41) is 0. The van der Waals surface area contributed by atoms with Gasteiger partial charge in [-0.15, -0.1) is 0 Å². The van der Waals surface area contributed by atoms with Gasteiger partial charge in [-0.3, -0.25) is 4.90 Å². The van der Waals surface area contributed by atoms with Crippen LogP contribution in [-0.4, -0.2) is 52.7 Å². The highest BCUT2D eigenvalue weighted by Gasteiger charge is 2.34. The van der Waals surface area contributed by atoms with Gasteiger partial charge in [-0.1, -0.05) is 0 Å². The van der Waals surface area contributed by atoms with Crippen molar-refractivity contribution in [1.82, 2.24) is 9.80 Å². The van der Waals surface area contributed by atoms with Gasteiger partial charge in [0.15, 0.2) is 0 Å². The highest BCUT2D eigenvalue weighted by molar-refractivity contribution is 5.68. The molecule has 1 atom stereocenters. The van der Waals surface area contributed by atoms with E-state index < -0.39 is 5.60 Å². The van der Waals surface area contributed by atoms with E-state index in [4.69, 9.17) is 4.74 Å². The molecule has 0 bridgehead atoms. The number of rotatable bonds is 0. The molecule has 0 aromatic carbocycles. The zero-order valence-electron chi connectivity index (χ0n) is 12.9. The number of piperazine rings is 1. The number of carbonyl (C=O) groups is 1. The van der Waals surface area contributed by atoms with Gasteiger partial charge in [0.25, 0.3) is 0 Å². The Kier molecular flexibility index (Phi) is 4.31. The molecule has 4 nitrogen and oxygen atoms in total. The molecule has 0 radical (unpaired) electrons. The van der Waals surface area contributed by atoms with Gasteiger partial charge in [0.05, 0.1) is 0 Å². The Balaban J connectivity index is 2.59. The molecule has 0 aromatic rings. The third-order valence-electron chi connectivity index (χ3n) is 3.14. The first kappa shape index (κ1) is 15.3. The lowest BCUT2D eigenvalue weighted by Gasteiger charge is -2.46. The van der Waals surface area contributed by atoms with Crippen molar-refractivity contribution in [3.63, 3.8) is 0 Å². The molecule has 1 heterocycles. The van der Waals surface area contributed by atoms with Crippen LogP contribution in [0.4, 0.5) is 4.79 Å². The summed E-state index contributed by atoms with van der Waals surface area (Å²) in [5.41, 5.74) is -0.263. The van der Waals surface area contributed by atoms with Gasteiger partial charge < -0.3 is 9.64 Å². The smallest absolute Gasteiger partial charge is 0.410 e. The fourth-order valence-electron chi connectivity index (χ4n) is 2.45. The first-order valence-electron chi connectivity index (χ1n) is 6.75. The van der Waals surface area contributed by atoms with Gasteiger partial charge in [-0.25, -0.2) is 4.79 Å². The Bertz CT molecular complexity index is 302. The number of ether oxygens (including phenoxy) is 1. The lowest BCUT2D eigenvalue weighted by molar-refractivity contribution is -0.0129. The molecule has 18 heavy (non-hydrogen) atoms. The predicted octanol–water partition coefficient (Wildman–Crippen LogP) is 2.73. The number of carbonyl (C=O) groups excluding carboxylic acids is 1. The molecule has 4 heteroatoms. The molecule has 1 amide bonds. The van der Waals surface area contributed by atoms with E-state index in [9.17, 15) is 4.79 Å². The van der Waals surface area contributed by atoms with Crippen molar-refractivity contribution in [2.24, 2.45) is 0 Å². The highest BCUT2D eigenvalue weighted by atomic mass is 16.6. The van der Waals surface area contributed by atoms with E-state index in [-0.39, 0.29) is 11.6 Å². The van der Waals surface area contributed by atoms with Crippen molar-refractivity contribution < 1.29 is 9.53 Å². The molecule has 1 saturated heterocycles. The molecule has 1 fully saturated rings. The molecule has 106 valence electrons. The van der Waals surface area contributed by atoms with Crippen molar-refractivity contribution >= 4 is 6.09 Å². The summed E-state index contributed by atoms with van der Waals surface area (Å²) in [7, 11) is 0. The number of nitrogens with zero attached hydrogens (tertiary/aromatic N) is 2. The summed E-state index contributed by atoms with van der Waals surface area (Å²) in [6, 6.07) is 0.367. The summed E-state index contributed by atoms with van der Waals surface area (Å²) in [5.74, 6) is 0. The fraction of sp³-hybridized carbons (Fsp3) is 0.929. The molecular weight excluding hydrogens is 228 g/mol. The van der Waals surface area contributed by atoms with E-state index in [2.05, 4.69) is 32.6 Å². The van der Waals surface area contributed by atoms with Crippen LogP contribution in [0.2, 0.25) is 0 Å². The Morgan fingerprint density at radius 1 is 1.11 bits per heavy atom. The topological polar surface area (TPSA) is 32.8 Å². The van der Waals surface area contributed by atoms with E-state index in [1.165, 1.54) is 0 Å². The lowest BCUT2D eigenvalue weighted by atomic mass is 10.0. The van der Waals surface area contributed by atoms with E-state index >= 15 is 0 Å². The summed E-state index contributed by atoms with van der Waals surface area (Å²) in [6.07, 6.45) is -0.192. The molecule has 0 aliphatic carbocycles. The summed E-state index contributed by atoms with van der Waals surface area (Å²) < 4.78 is 5.41. The van der Waals surface area contributed by atoms with Gasteiger partial charge in [-0.05, 0) is 48.5 Å². The second kappa shape index (κ2) is 5.08. The van der Waals surface area contributed by atoms with Crippen LogP contribution in [0.1, 0.15) is 48.5 Å². The largest absolute Gasteiger partial charge is 0.444 e. The first-order chi connectivity index (χ1) is 8.00. The normalized spacial score (nSPS) is 23.1. The second-order valence-corrected chi connectivity index (χ2v) is 7.14. The first-order valence-corrected chi connectivity index (χ1v) is 6.75. The molecule has 0 aromatic heterocycles. The van der Waals surface area contributed by atoms with Crippen LogP contribution in [0.25, 0.3) is 0 Å². The van der Waals surface area contributed by atoms with Crippen molar-refractivity contribution in [3.05, 3.63) is 0 Å². The average Bonchev–Trinajstić information content (AvgIpc) is 2.12. The molecule has 0 N–H and O–H groups in total. The number of hydrogen-bond donors (Lipinski definition) is 0. The second-order valence-electron chi connectivity index (χ2n) is 7.14. The monoisotopic (exact) mass is 256 g/mol. The minimum atomic E-state index is -0.415. The molecule has 0 unspecified atom stereocenters. The number of amides is 1. The standard InChI is InChI=1S/C14H28N2O2/c1-11-10-15(12(17)18-14(5,6)7)8-9-16(11)13(2,3)4/h11H,8-10H2,1-7H3/t11-/m0/s1. The molecule has 0 spiro atoms. The summed E-state index contributed by atoms with van der Waals surface area (Å²) >= 11 is 0. The van der Waals surface area contributed by atoms with Crippen molar-refractivity contribution in [1.29, 1.82) is 0 Å². The minimum Gasteiger partial charge on any atom is -0.444 e. The van der Waals surface area contributed by atoms with E-state index in [1.54, 1.807) is 0 Å². The maximum Gasteiger partial charge on any atom is 0.410 e. The third-order valence-corrected chi connectivity index (χ3v) is 3.14. The Morgan fingerprint density at radius 3 is 2.06 bits per heavy atom. The molecular formula is C14H28N2O2. The van der Waals surface area contributed by atoms with Gasteiger partial charge in [0.1, 0.15) is 5.60 Å². The predicted molar refractivity (Wildman–Crippen MR) is 73.7 cm³/mol. The van der Waals surface area contributed by atoms with Crippen LogP contribution >= 0.6 is 0 Å². The molecule has 1 aliphatic rings. The molecule has 0 saturated carbocycles. The van der Waals surface area contributed by atoms with Crippen molar-refractivity contribution in [3.8, 4) is 0 Å². The van der Waals surface area contributed by atoms with Crippen LogP contribution in [0.5, 0.6) is 0 Å². The van der Waals surface area contributed by atoms with Crippen molar-refractivity contribution in [2.45, 2.75) is 65.6 Å². The molecule has 1 rings (SSSR count). The lowest BCUT2D eigenvalue weighted by Crippen LogP contribution is -2.59. The van der Waals surface area contributed by atoms with Crippen LogP contribution in [0.3, 0.4) is 0 Å². The van der Waals surface area contributed by atoms with E-state index in [0.717, 1.165) is 19.6 Å². The zero-order chi connectivity index (χ0) is 14.1. The number of hydrogen-bond acceptors (Lipinski definition) is 3. The van der Waals surface area contributed by atoms with Gasteiger partial charge in [-0.2, -0.15) is 0 Å². The van der Waals surface area contributed by atoms with Crippen LogP contribution < -0.4 is 0 Å². The quantitative estimate of drug-likeness (QED) is 0.668. The van der Waals surface area contributed by atoms with Gasteiger partial charge >= 0.3 is 6.09 Å². The maximum atomic E-state index is 12.0. The SMILES string of the molecule is C[C@H]1CN(C(=O)OC(C)(C)C)CCN1C(C)(C)C. The van der Waals surface area contributed by atoms with Gasteiger partial charge in [0.2, 0.25) is 0 Å². The van der Waals surface area contributed by atoms with Crippen molar-refractivity contribution in [2.75, 3.05) is 19.6 Å². The molecule has 1 aliphatic heterocycles. The minimum absolute atomic E-state index is 0.152. The Hall–Kier alpha value is -0.770. The zero-order valence-corrected chi connectivity index (χ0v) is 12.9. The van der Waals surface area contributed by atoms with Crippen LogP contribution in [0, 0.1) is 0 Å². The van der Waals surface area contributed by atoms with Gasteiger partial charge in [0, 0.05) is 31.2 Å². The Morgan fingerprint density at radius 2 is 1.67 bits per heavy atom. The van der Waals surface area contributed by atoms with E-state index in [0.29, 0.717) is 6.04 Å².